The standard InChI is InChI=1S/C26H27NO4/c1-26(2)16-22(21-15-19(29-3)13-14-24(21)31-26)27-25(28)20-11-7-8-12-23(20)30-17-18-9-5-4-6-10-18/h4-15,22H,16-17H2,1-3H3,(H,27,28)/t22-/m0/s1. The smallest absolute Gasteiger partial charge is 0.255 e. The minimum absolute atomic E-state index is 0.180. The van der Waals surface area contributed by atoms with Gasteiger partial charge in [-0.15, -0.1) is 0 Å². The minimum atomic E-state index is -0.400. The molecule has 0 radical (unpaired) electrons. The van der Waals surface area contributed by atoms with Gasteiger partial charge in [-0.25, -0.2) is 0 Å². The normalized spacial score (nSPS) is 16.5. The van der Waals surface area contributed by atoms with E-state index in [4.69, 9.17) is 14.2 Å². The van der Waals surface area contributed by atoms with Gasteiger partial charge < -0.3 is 19.5 Å². The van der Waals surface area contributed by atoms with Gasteiger partial charge in [0.1, 0.15) is 29.5 Å². The third kappa shape index (κ3) is 4.82. The van der Waals surface area contributed by atoms with Crippen LogP contribution >= 0.6 is 0 Å². The van der Waals surface area contributed by atoms with Crippen molar-refractivity contribution in [3.05, 3.63) is 89.5 Å². The van der Waals surface area contributed by atoms with E-state index < -0.39 is 5.60 Å². The van der Waals surface area contributed by atoms with Crippen LogP contribution in [-0.4, -0.2) is 18.6 Å². The van der Waals surface area contributed by atoms with E-state index in [9.17, 15) is 4.79 Å². The first-order valence-corrected chi connectivity index (χ1v) is 10.4. The van der Waals surface area contributed by atoms with Crippen molar-refractivity contribution in [3.8, 4) is 17.2 Å². The third-order valence-corrected chi connectivity index (χ3v) is 5.35. The van der Waals surface area contributed by atoms with Crippen molar-refractivity contribution in [2.45, 2.75) is 38.5 Å². The number of para-hydroxylation sites is 1. The van der Waals surface area contributed by atoms with E-state index in [-0.39, 0.29) is 11.9 Å². The second-order valence-corrected chi connectivity index (χ2v) is 8.27. The molecule has 1 aliphatic rings. The van der Waals surface area contributed by atoms with E-state index in [1.165, 1.54) is 0 Å². The summed E-state index contributed by atoms with van der Waals surface area (Å²) in [6.45, 7) is 4.45. The van der Waals surface area contributed by atoms with Gasteiger partial charge in [-0.1, -0.05) is 42.5 Å². The van der Waals surface area contributed by atoms with Gasteiger partial charge >= 0.3 is 0 Å². The zero-order valence-electron chi connectivity index (χ0n) is 18.1. The number of methoxy groups -OCH3 is 1. The van der Waals surface area contributed by atoms with Crippen LogP contribution in [0, 0.1) is 0 Å². The van der Waals surface area contributed by atoms with Crippen LogP contribution in [0.1, 0.15) is 47.8 Å². The molecule has 0 fully saturated rings. The Morgan fingerprint density at radius 2 is 1.81 bits per heavy atom. The number of hydrogen-bond acceptors (Lipinski definition) is 4. The summed E-state index contributed by atoms with van der Waals surface area (Å²) in [5, 5.41) is 3.18. The summed E-state index contributed by atoms with van der Waals surface area (Å²) in [7, 11) is 1.63. The molecule has 1 atom stereocenters. The molecule has 1 heterocycles. The Balaban J connectivity index is 1.56. The third-order valence-electron chi connectivity index (χ3n) is 5.35. The van der Waals surface area contributed by atoms with E-state index in [0.717, 1.165) is 22.6 Å². The van der Waals surface area contributed by atoms with Gasteiger partial charge in [0.15, 0.2) is 0 Å². The summed E-state index contributed by atoms with van der Waals surface area (Å²) >= 11 is 0. The number of carbonyl (C=O) groups is 1. The summed E-state index contributed by atoms with van der Waals surface area (Å²) in [4.78, 5) is 13.3. The van der Waals surface area contributed by atoms with E-state index in [0.29, 0.717) is 24.3 Å². The molecule has 0 aromatic heterocycles. The lowest BCUT2D eigenvalue weighted by Crippen LogP contribution is -2.41. The molecule has 0 bridgehead atoms. The van der Waals surface area contributed by atoms with Gasteiger partial charge in [-0.05, 0) is 49.7 Å². The van der Waals surface area contributed by atoms with E-state index in [1.54, 1.807) is 13.2 Å². The van der Waals surface area contributed by atoms with E-state index >= 15 is 0 Å². The number of nitrogens with one attached hydrogen (secondary N) is 1. The van der Waals surface area contributed by atoms with Crippen LogP contribution in [0.15, 0.2) is 72.8 Å². The zero-order valence-corrected chi connectivity index (χ0v) is 18.1. The lowest BCUT2D eigenvalue weighted by Gasteiger charge is -2.38. The molecule has 31 heavy (non-hydrogen) atoms. The van der Waals surface area contributed by atoms with Gasteiger partial charge in [0.25, 0.3) is 5.91 Å². The van der Waals surface area contributed by atoms with Crippen molar-refractivity contribution >= 4 is 5.91 Å². The molecule has 1 N–H and O–H groups in total. The quantitative estimate of drug-likeness (QED) is 0.591. The monoisotopic (exact) mass is 417 g/mol. The molecule has 0 saturated carbocycles. The molecular formula is C26H27NO4. The summed E-state index contributed by atoms with van der Waals surface area (Å²) in [6.07, 6.45) is 0.645. The highest BCUT2D eigenvalue weighted by Gasteiger charge is 2.35. The Labute approximate surface area is 183 Å². The predicted octanol–water partition coefficient (Wildman–Crippen LogP) is 5.31. The number of benzene rings is 3. The number of hydrogen-bond donors (Lipinski definition) is 1. The highest BCUT2D eigenvalue weighted by Crippen LogP contribution is 2.41. The van der Waals surface area contributed by atoms with Gasteiger partial charge in [0.2, 0.25) is 0 Å². The van der Waals surface area contributed by atoms with Crippen LogP contribution in [0.25, 0.3) is 0 Å². The van der Waals surface area contributed by atoms with Crippen LogP contribution in [0.4, 0.5) is 0 Å². The molecule has 1 amide bonds. The number of ether oxygens (including phenoxy) is 3. The summed E-state index contributed by atoms with van der Waals surface area (Å²) in [5.74, 6) is 1.87. The summed E-state index contributed by atoms with van der Waals surface area (Å²) in [6, 6.07) is 22.7. The van der Waals surface area contributed by atoms with Crippen LogP contribution in [0.2, 0.25) is 0 Å². The van der Waals surface area contributed by atoms with Crippen LogP contribution < -0.4 is 19.5 Å². The van der Waals surface area contributed by atoms with Crippen molar-refractivity contribution in [1.29, 1.82) is 0 Å². The Morgan fingerprint density at radius 1 is 1.06 bits per heavy atom. The lowest BCUT2D eigenvalue weighted by atomic mass is 9.89. The zero-order chi connectivity index (χ0) is 21.8. The van der Waals surface area contributed by atoms with E-state index in [1.807, 2.05) is 80.6 Å². The molecule has 4 rings (SSSR count). The molecule has 0 aliphatic carbocycles. The van der Waals surface area contributed by atoms with Crippen LogP contribution in [-0.2, 0) is 6.61 Å². The van der Waals surface area contributed by atoms with Crippen molar-refractivity contribution in [2.75, 3.05) is 7.11 Å². The van der Waals surface area contributed by atoms with Gasteiger partial charge in [0, 0.05) is 12.0 Å². The van der Waals surface area contributed by atoms with Gasteiger partial charge in [-0.3, -0.25) is 4.79 Å². The second kappa shape index (κ2) is 8.72. The van der Waals surface area contributed by atoms with Gasteiger partial charge in [-0.2, -0.15) is 0 Å². The first-order chi connectivity index (χ1) is 14.9. The Hall–Kier alpha value is -3.47. The number of carbonyl (C=O) groups excluding carboxylic acids is 1. The molecule has 3 aromatic carbocycles. The highest BCUT2D eigenvalue weighted by molar-refractivity contribution is 5.97. The predicted molar refractivity (Wildman–Crippen MR) is 120 cm³/mol. The maximum absolute atomic E-state index is 13.3. The fourth-order valence-electron chi connectivity index (χ4n) is 3.84. The van der Waals surface area contributed by atoms with Gasteiger partial charge in [0.05, 0.1) is 18.7 Å². The molecule has 1 aliphatic heterocycles. The highest BCUT2D eigenvalue weighted by atomic mass is 16.5. The first kappa shape index (κ1) is 20.8. The molecule has 5 heteroatoms. The number of amides is 1. The summed E-state index contributed by atoms with van der Waals surface area (Å²) in [5.41, 5.74) is 2.06. The Bertz CT molecular complexity index is 1060. The average molecular weight is 418 g/mol. The molecule has 0 unspecified atom stereocenters. The van der Waals surface area contributed by atoms with Crippen LogP contribution in [0.5, 0.6) is 17.2 Å². The molecule has 0 spiro atoms. The molecule has 0 saturated heterocycles. The van der Waals surface area contributed by atoms with Crippen molar-refractivity contribution < 1.29 is 19.0 Å². The molecule has 3 aromatic rings. The average Bonchev–Trinajstić information content (AvgIpc) is 2.77. The Morgan fingerprint density at radius 3 is 2.58 bits per heavy atom. The SMILES string of the molecule is COc1ccc2c(c1)[C@@H](NC(=O)c1ccccc1OCc1ccccc1)CC(C)(C)O2. The van der Waals surface area contributed by atoms with Crippen molar-refractivity contribution in [3.63, 3.8) is 0 Å². The maximum Gasteiger partial charge on any atom is 0.255 e. The molecule has 5 nitrogen and oxygen atoms in total. The number of fused-ring (bicyclic) bond motifs is 1. The fraction of sp³-hybridized carbons (Fsp3) is 0.269. The van der Waals surface area contributed by atoms with Crippen molar-refractivity contribution in [1.82, 2.24) is 5.32 Å². The topological polar surface area (TPSA) is 56.8 Å². The van der Waals surface area contributed by atoms with Crippen LogP contribution in [0.3, 0.4) is 0 Å². The Kier molecular flexibility index (Phi) is 5.85. The molecular weight excluding hydrogens is 390 g/mol. The molecule has 160 valence electrons. The summed E-state index contributed by atoms with van der Waals surface area (Å²) < 4.78 is 17.5. The maximum atomic E-state index is 13.3. The van der Waals surface area contributed by atoms with E-state index in [2.05, 4.69) is 5.32 Å². The second-order valence-electron chi connectivity index (χ2n) is 8.27. The lowest BCUT2D eigenvalue weighted by molar-refractivity contribution is 0.0617. The fourth-order valence-corrected chi connectivity index (χ4v) is 3.84. The van der Waals surface area contributed by atoms with Crippen molar-refractivity contribution in [2.24, 2.45) is 0 Å². The number of rotatable bonds is 6. The largest absolute Gasteiger partial charge is 0.497 e. The first-order valence-electron chi connectivity index (χ1n) is 10.4. The minimum Gasteiger partial charge on any atom is -0.497 e.